The topological polar surface area (TPSA) is 37.9 Å². The van der Waals surface area contributed by atoms with Crippen molar-refractivity contribution in [2.24, 2.45) is 0 Å². The maximum atomic E-state index is 5.62. The normalized spacial score (nSPS) is 10.7. The quantitative estimate of drug-likeness (QED) is 0.725. The average molecular weight is 244 g/mol. The van der Waals surface area contributed by atoms with Crippen LogP contribution in [0.3, 0.4) is 0 Å². The van der Waals surface area contributed by atoms with E-state index in [-0.39, 0.29) is 0 Å². The summed E-state index contributed by atoms with van der Waals surface area (Å²) in [6.07, 6.45) is 7.87. The second-order valence-corrected chi connectivity index (χ2v) is 4.37. The third kappa shape index (κ3) is 4.72. The number of ether oxygens (including phenoxy) is 1. The van der Waals surface area contributed by atoms with E-state index in [4.69, 9.17) is 4.74 Å². The van der Waals surface area contributed by atoms with Crippen LogP contribution in [-0.2, 0) is 17.6 Å². The number of imidazole rings is 1. The molecule has 2 aromatic rings. The van der Waals surface area contributed by atoms with E-state index < -0.39 is 0 Å². The molecule has 0 saturated heterocycles. The molecule has 0 radical (unpaired) electrons. The molecule has 0 unspecified atom stereocenters. The van der Waals surface area contributed by atoms with Crippen molar-refractivity contribution in [2.45, 2.75) is 25.7 Å². The van der Waals surface area contributed by atoms with E-state index >= 15 is 0 Å². The van der Waals surface area contributed by atoms with Gasteiger partial charge in [-0.3, -0.25) is 0 Å². The van der Waals surface area contributed by atoms with Gasteiger partial charge in [-0.2, -0.15) is 0 Å². The van der Waals surface area contributed by atoms with E-state index in [1.807, 2.05) is 6.20 Å². The Morgan fingerprint density at radius 2 is 1.78 bits per heavy atom. The molecule has 2 rings (SSSR count). The number of H-pyrrole nitrogens is 1. The van der Waals surface area contributed by atoms with Crippen molar-refractivity contribution < 1.29 is 4.74 Å². The molecule has 0 fully saturated rings. The number of nitrogens with zero attached hydrogens (tertiary/aromatic N) is 1. The zero-order valence-electron chi connectivity index (χ0n) is 10.6. The van der Waals surface area contributed by atoms with Crippen LogP contribution in [0, 0.1) is 0 Å². The molecule has 0 aliphatic carbocycles. The summed E-state index contributed by atoms with van der Waals surface area (Å²) in [5, 5.41) is 0. The van der Waals surface area contributed by atoms with Gasteiger partial charge in [-0.05, 0) is 31.2 Å². The van der Waals surface area contributed by atoms with Crippen LogP contribution in [0.4, 0.5) is 0 Å². The van der Waals surface area contributed by atoms with E-state index in [2.05, 4.69) is 40.3 Å². The molecule has 1 N–H and O–H groups in total. The zero-order chi connectivity index (χ0) is 12.5. The lowest BCUT2D eigenvalue weighted by molar-refractivity contribution is 0.129. The first-order valence-electron chi connectivity index (χ1n) is 6.54. The van der Waals surface area contributed by atoms with Crippen molar-refractivity contribution in [3.8, 4) is 0 Å². The van der Waals surface area contributed by atoms with Crippen LogP contribution < -0.4 is 0 Å². The van der Waals surface area contributed by atoms with Crippen molar-refractivity contribution in [1.82, 2.24) is 9.97 Å². The first-order chi connectivity index (χ1) is 8.95. The molecule has 1 heterocycles. The standard InChI is InChI=1S/C15H20N2O/c1-2-6-14(7-3-1)8-4-10-18-11-5-9-15-12-16-13-17-15/h1-3,6-7,12-13H,4-5,8-11H2,(H,16,17). The number of benzene rings is 1. The molecule has 0 aliphatic rings. The number of hydrogen-bond donors (Lipinski definition) is 1. The molecule has 0 amide bonds. The maximum Gasteiger partial charge on any atom is 0.0923 e. The van der Waals surface area contributed by atoms with Crippen molar-refractivity contribution in [1.29, 1.82) is 0 Å². The minimum absolute atomic E-state index is 0.821. The summed E-state index contributed by atoms with van der Waals surface area (Å²) < 4.78 is 5.62. The van der Waals surface area contributed by atoms with Gasteiger partial charge in [0.1, 0.15) is 0 Å². The summed E-state index contributed by atoms with van der Waals surface area (Å²) in [7, 11) is 0. The summed E-state index contributed by atoms with van der Waals surface area (Å²) in [6.45, 7) is 1.66. The van der Waals surface area contributed by atoms with Crippen LogP contribution >= 0.6 is 0 Å². The van der Waals surface area contributed by atoms with Crippen LogP contribution in [0.2, 0.25) is 0 Å². The Bertz CT molecular complexity index is 411. The summed E-state index contributed by atoms with van der Waals surface area (Å²) in [4.78, 5) is 7.14. The maximum absolute atomic E-state index is 5.62. The van der Waals surface area contributed by atoms with E-state index in [1.165, 1.54) is 5.56 Å². The third-order valence-electron chi connectivity index (χ3n) is 2.87. The van der Waals surface area contributed by atoms with E-state index in [0.29, 0.717) is 0 Å². The lowest BCUT2D eigenvalue weighted by atomic mass is 10.1. The molecule has 1 aromatic carbocycles. The summed E-state index contributed by atoms with van der Waals surface area (Å²) in [6, 6.07) is 10.5. The van der Waals surface area contributed by atoms with Crippen LogP contribution in [0.1, 0.15) is 24.1 Å². The lowest BCUT2D eigenvalue weighted by Gasteiger charge is -2.03. The summed E-state index contributed by atoms with van der Waals surface area (Å²) in [5.41, 5.74) is 2.50. The first-order valence-corrected chi connectivity index (χ1v) is 6.54. The Balaban J connectivity index is 1.47. The lowest BCUT2D eigenvalue weighted by Crippen LogP contribution is -2.00. The second-order valence-electron chi connectivity index (χ2n) is 4.37. The van der Waals surface area contributed by atoms with E-state index in [9.17, 15) is 0 Å². The van der Waals surface area contributed by atoms with Crippen LogP contribution in [0.5, 0.6) is 0 Å². The van der Waals surface area contributed by atoms with Crippen LogP contribution in [-0.4, -0.2) is 23.2 Å². The molecule has 0 aliphatic heterocycles. The van der Waals surface area contributed by atoms with Crippen molar-refractivity contribution in [3.63, 3.8) is 0 Å². The predicted octanol–water partition coefficient (Wildman–Crippen LogP) is 2.99. The van der Waals surface area contributed by atoms with Crippen LogP contribution in [0.25, 0.3) is 0 Å². The zero-order valence-corrected chi connectivity index (χ0v) is 10.6. The highest BCUT2D eigenvalue weighted by molar-refractivity contribution is 5.14. The van der Waals surface area contributed by atoms with E-state index in [1.54, 1.807) is 6.33 Å². The van der Waals surface area contributed by atoms with Crippen LogP contribution in [0.15, 0.2) is 42.9 Å². The fourth-order valence-electron chi connectivity index (χ4n) is 1.91. The Morgan fingerprint density at radius 1 is 1.00 bits per heavy atom. The van der Waals surface area contributed by atoms with Crippen molar-refractivity contribution >= 4 is 0 Å². The van der Waals surface area contributed by atoms with Crippen molar-refractivity contribution in [3.05, 3.63) is 54.1 Å². The number of aryl methyl sites for hydroxylation is 2. The summed E-state index contributed by atoms with van der Waals surface area (Å²) in [5.74, 6) is 0. The van der Waals surface area contributed by atoms with Gasteiger partial charge in [0.25, 0.3) is 0 Å². The highest BCUT2D eigenvalue weighted by Gasteiger charge is 1.95. The van der Waals surface area contributed by atoms with Gasteiger partial charge in [0.15, 0.2) is 0 Å². The Morgan fingerprint density at radius 3 is 2.50 bits per heavy atom. The molecular weight excluding hydrogens is 224 g/mol. The predicted molar refractivity (Wildman–Crippen MR) is 72.5 cm³/mol. The molecular formula is C15H20N2O. The molecule has 96 valence electrons. The van der Waals surface area contributed by atoms with Gasteiger partial charge in [0, 0.05) is 19.4 Å². The molecule has 0 atom stereocenters. The molecule has 0 spiro atoms. The number of rotatable bonds is 8. The molecule has 3 nitrogen and oxygen atoms in total. The minimum Gasteiger partial charge on any atom is -0.381 e. The Hall–Kier alpha value is -1.61. The fourth-order valence-corrected chi connectivity index (χ4v) is 1.91. The van der Waals surface area contributed by atoms with Gasteiger partial charge in [0.2, 0.25) is 0 Å². The molecule has 1 aromatic heterocycles. The van der Waals surface area contributed by atoms with Gasteiger partial charge in [-0.15, -0.1) is 0 Å². The monoisotopic (exact) mass is 244 g/mol. The van der Waals surface area contributed by atoms with Gasteiger partial charge in [0.05, 0.1) is 12.0 Å². The van der Waals surface area contributed by atoms with Gasteiger partial charge < -0.3 is 9.72 Å². The van der Waals surface area contributed by atoms with Crippen molar-refractivity contribution in [2.75, 3.05) is 13.2 Å². The third-order valence-corrected chi connectivity index (χ3v) is 2.87. The minimum atomic E-state index is 0.821. The molecule has 0 saturated carbocycles. The van der Waals surface area contributed by atoms with Gasteiger partial charge in [-0.25, -0.2) is 4.98 Å². The fraction of sp³-hybridized carbons (Fsp3) is 0.400. The molecule has 18 heavy (non-hydrogen) atoms. The Kier molecular flexibility index (Phi) is 5.47. The summed E-state index contributed by atoms with van der Waals surface area (Å²) >= 11 is 0. The number of aromatic amines is 1. The average Bonchev–Trinajstić information content (AvgIpc) is 2.92. The smallest absolute Gasteiger partial charge is 0.0923 e. The highest BCUT2D eigenvalue weighted by Crippen LogP contribution is 2.03. The molecule has 3 heteroatoms. The van der Waals surface area contributed by atoms with Gasteiger partial charge >= 0.3 is 0 Å². The van der Waals surface area contributed by atoms with Gasteiger partial charge in [-0.1, -0.05) is 30.3 Å². The second kappa shape index (κ2) is 7.67. The molecule has 0 bridgehead atoms. The highest BCUT2D eigenvalue weighted by atomic mass is 16.5. The Labute approximate surface area is 108 Å². The first kappa shape index (κ1) is 12.8. The number of hydrogen-bond acceptors (Lipinski definition) is 2. The largest absolute Gasteiger partial charge is 0.381 e. The SMILES string of the molecule is c1ccc(CCCOCCCc2c[nH]cn2)cc1. The number of aromatic nitrogens is 2. The van der Waals surface area contributed by atoms with E-state index in [0.717, 1.165) is 44.6 Å². The number of nitrogens with one attached hydrogen (secondary N) is 1.